The third-order valence-corrected chi connectivity index (χ3v) is 2.28. The molecule has 13 heavy (non-hydrogen) atoms. The summed E-state index contributed by atoms with van der Waals surface area (Å²) >= 11 is 0. The lowest BCUT2D eigenvalue weighted by molar-refractivity contribution is 0.321. The van der Waals surface area contributed by atoms with Gasteiger partial charge >= 0.3 is 0 Å². The third kappa shape index (κ3) is 1.22. The van der Waals surface area contributed by atoms with Gasteiger partial charge in [-0.2, -0.15) is 0 Å². The number of ether oxygens (including phenoxy) is 1. The second-order valence-electron chi connectivity index (χ2n) is 3.33. The van der Waals surface area contributed by atoms with Crippen molar-refractivity contribution in [2.24, 2.45) is 0 Å². The standard InChI is InChI=1S/C11H9FO/c1-3-8-5-4-6-9(12)10(8)11(2)7-13-11/h1,4-6H,7H2,2H3. The second-order valence-corrected chi connectivity index (χ2v) is 3.33. The fourth-order valence-corrected chi connectivity index (χ4v) is 1.43. The van der Waals surface area contributed by atoms with Crippen molar-refractivity contribution >= 4 is 0 Å². The molecule has 1 heterocycles. The minimum Gasteiger partial charge on any atom is -0.365 e. The highest BCUT2D eigenvalue weighted by atomic mass is 19.1. The number of hydrogen-bond acceptors (Lipinski definition) is 1. The lowest BCUT2D eigenvalue weighted by Gasteiger charge is -2.09. The van der Waals surface area contributed by atoms with E-state index in [4.69, 9.17) is 11.2 Å². The van der Waals surface area contributed by atoms with E-state index >= 15 is 0 Å². The highest BCUT2D eigenvalue weighted by Gasteiger charge is 2.44. The molecule has 2 heteroatoms. The smallest absolute Gasteiger partial charge is 0.130 e. The van der Waals surface area contributed by atoms with E-state index in [9.17, 15) is 4.39 Å². The number of hydrogen-bond donors (Lipinski definition) is 0. The molecule has 0 amide bonds. The van der Waals surface area contributed by atoms with Crippen molar-refractivity contribution in [1.82, 2.24) is 0 Å². The molecule has 0 spiro atoms. The molecule has 66 valence electrons. The van der Waals surface area contributed by atoms with Gasteiger partial charge in [-0.25, -0.2) is 4.39 Å². The van der Waals surface area contributed by atoms with E-state index in [2.05, 4.69) is 5.92 Å². The number of epoxide rings is 1. The van der Waals surface area contributed by atoms with Crippen LogP contribution in [0.15, 0.2) is 18.2 Å². The highest BCUT2D eigenvalue weighted by Crippen LogP contribution is 2.40. The van der Waals surface area contributed by atoms with Gasteiger partial charge in [-0.05, 0) is 19.1 Å². The van der Waals surface area contributed by atoms with Crippen molar-refractivity contribution in [3.8, 4) is 12.3 Å². The lowest BCUT2D eigenvalue weighted by atomic mass is 9.96. The van der Waals surface area contributed by atoms with E-state index in [1.807, 2.05) is 6.92 Å². The van der Waals surface area contributed by atoms with Gasteiger partial charge in [0.2, 0.25) is 0 Å². The Kier molecular flexibility index (Phi) is 1.64. The number of terminal acetylenes is 1. The maximum Gasteiger partial charge on any atom is 0.130 e. The van der Waals surface area contributed by atoms with Crippen LogP contribution in [0.1, 0.15) is 18.1 Å². The van der Waals surface area contributed by atoms with Crippen LogP contribution in [0.5, 0.6) is 0 Å². The largest absolute Gasteiger partial charge is 0.365 e. The Hall–Kier alpha value is -1.33. The van der Waals surface area contributed by atoms with Crippen LogP contribution in [0.25, 0.3) is 0 Å². The van der Waals surface area contributed by atoms with Gasteiger partial charge in [-0.3, -0.25) is 0 Å². The Labute approximate surface area is 76.5 Å². The lowest BCUT2D eigenvalue weighted by Crippen LogP contribution is -2.08. The summed E-state index contributed by atoms with van der Waals surface area (Å²) in [5, 5.41) is 0. The second kappa shape index (κ2) is 2.58. The molecule has 0 radical (unpaired) electrons. The Balaban J connectivity index is 2.61. The predicted octanol–water partition coefficient (Wildman–Crippen LogP) is 2.05. The van der Waals surface area contributed by atoms with Crippen LogP contribution in [0.3, 0.4) is 0 Å². The van der Waals surface area contributed by atoms with E-state index in [1.54, 1.807) is 12.1 Å². The molecule has 1 unspecified atom stereocenters. The first kappa shape index (κ1) is 8.28. The van der Waals surface area contributed by atoms with Crippen molar-refractivity contribution in [3.05, 3.63) is 35.1 Å². The van der Waals surface area contributed by atoms with Gasteiger partial charge < -0.3 is 4.74 Å². The Morgan fingerprint density at radius 3 is 2.85 bits per heavy atom. The van der Waals surface area contributed by atoms with Gasteiger partial charge in [0.25, 0.3) is 0 Å². The van der Waals surface area contributed by atoms with E-state index in [-0.39, 0.29) is 5.82 Å². The van der Waals surface area contributed by atoms with Gasteiger partial charge in [0.15, 0.2) is 0 Å². The summed E-state index contributed by atoms with van der Waals surface area (Å²) in [5.74, 6) is 2.18. The fourth-order valence-electron chi connectivity index (χ4n) is 1.43. The van der Waals surface area contributed by atoms with Crippen molar-refractivity contribution in [2.45, 2.75) is 12.5 Å². The average molecular weight is 176 g/mol. The molecule has 1 saturated heterocycles. The zero-order valence-corrected chi connectivity index (χ0v) is 7.30. The predicted molar refractivity (Wildman–Crippen MR) is 47.6 cm³/mol. The molecule has 0 aromatic heterocycles. The van der Waals surface area contributed by atoms with Gasteiger partial charge in [0.1, 0.15) is 11.4 Å². The summed E-state index contributed by atoms with van der Waals surface area (Å²) in [7, 11) is 0. The van der Waals surface area contributed by atoms with Crippen LogP contribution in [0.2, 0.25) is 0 Å². The molecule has 1 aromatic carbocycles. The van der Waals surface area contributed by atoms with E-state index < -0.39 is 5.60 Å². The Morgan fingerprint density at radius 2 is 2.31 bits per heavy atom. The summed E-state index contributed by atoms with van der Waals surface area (Å²) in [6.45, 7) is 2.38. The molecule has 0 N–H and O–H groups in total. The zero-order valence-electron chi connectivity index (χ0n) is 7.30. The van der Waals surface area contributed by atoms with Gasteiger partial charge in [0.05, 0.1) is 6.61 Å². The molecule has 0 bridgehead atoms. The first-order chi connectivity index (χ1) is 6.17. The molecule has 1 atom stereocenters. The van der Waals surface area contributed by atoms with Crippen molar-refractivity contribution in [2.75, 3.05) is 6.61 Å². The monoisotopic (exact) mass is 176 g/mol. The molecular formula is C11H9FO. The third-order valence-electron chi connectivity index (χ3n) is 2.28. The summed E-state index contributed by atoms with van der Waals surface area (Å²) in [4.78, 5) is 0. The van der Waals surface area contributed by atoms with Crippen molar-refractivity contribution in [1.29, 1.82) is 0 Å². The SMILES string of the molecule is C#Cc1cccc(F)c1C1(C)CO1. The summed E-state index contributed by atoms with van der Waals surface area (Å²) in [6.07, 6.45) is 5.27. The zero-order chi connectivity index (χ0) is 9.47. The van der Waals surface area contributed by atoms with Crippen molar-refractivity contribution in [3.63, 3.8) is 0 Å². The van der Waals surface area contributed by atoms with E-state index in [0.29, 0.717) is 17.7 Å². The molecule has 1 nitrogen and oxygen atoms in total. The van der Waals surface area contributed by atoms with Gasteiger partial charge in [-0.1, -0.05) is 12.0 Å². The molecule has 0 aliphatic carbocycles. The topological polar surface area (TPSA) is 12.5 Å². The van der Waals surface area contributed by atoms with Crippen LogP contribution in [-0.2, 0) is 10.3 Å². The Morgan fingerprint density at radius 1 is 1.62 bits per heavy atom. The summed E-state index contributed by atoms with van der Waals surface area (Å²) in [6, 6.07) is 4.74. The first-order valence-electron chi connectivity index (χ1n) is 4.07. The fraction of sp³-hybridized carbons (Fsp3) is 0.273. The normalized spacial score (nSPS) is 25.3. The average Bonchev–Trinajstić information content (AvgIpc) is 2.84. The van der Waals surface area contributed by atoms with Crippen LogP contribution >= 0.6 is 0 Å². The maximum atomic E-state index is 13.4. The van der Waals surface area contributed by atoms with E-state index in [1.165, 1.54) is 6.07 Å². The molecule has 2 rings (SSSR count). The van der Waals surface area contributed by atoms with E-state index in [0.717, 1.165) is 0 Å². The number of benzene rings is 1. The number of halogens is 1. The highest BCUT2D eigenvalue weighted by molar-refractivity contribution is 5.45. The van der Waals surface area contributed by atoms with Gasteiger partial charge in [0, 0.05) is 11.1 Å². The molecule has 1 aromatic rings. The summed E-state index contributed by atoms with van der Waals surface area (Å²) in [5.41, 5.74) is 0.602. The van der Waals surface area contributed by atoms with Crippen LogP contribution in [-0.4, -0.2) is 6.61 Å². The quantitative estimate of drug-likeness (QED) is 0.471. The molecular weight excluding hydrogens is 167 g/mol. The first-order valence-corrected chi connectivity index (χ1v) is 4.07. The molecule has 1 aliphatic rings. The number of rotatable bonds is 1. The van der Waals surface area contributed by atoms with Crippen LogP contribution in [0.4, 0.5) is 4.39 Å². The van der Waals surface area contributed by atoms with Crippen LogP contribution < -0.4 is 0 Å². The maximum absolute atomic E-state index is 13.4. The minimum absolute atomic E-state index is 0.282. The minimum atomic E-state index is -0.493. The summed E-state index contributed by atoms with van der Waals surface area (Å²) < 4.78 is 18.6. The molecule has 0 saturated carbocycles. The van der Waals surface area contributed by atoms with Crippen molar-refractivity contribution < 1.29 is 9.13 Å². The Bertz CT molecular complexity index is 386. The molecule has 1 aliphatic heterocycles. The molecule has 1 fully saturated rings. The van der Waals surface area contributed by atoms with Crippen LogP contribution in [0, 0.1) is 18.2 Å². The van der Waals surface area contributed by atoms with Gasteiger partial charge in [-0.15, -0.1) is 6.42 Å².